The summed E-state index contributed by atoms with van der Waals surface area (Å²) in [6.45, 7) is 0.800. The Bertz CT molecular complexity index is 262. The lowest BCUT2D eigenvalue weighted by Gasteiger charge is -2.00. The molecule has 3 nitrogen and oxygen atoms in total. The Kier molecular flexibility index (Phi) is 1.47. The molecule has 56 valence electrons. The van der Waals surface area contributed by atoms with Crippen LogP contribution < -0.4 is 11.0 Å². The fourth-order valence-corrected chi connectivity index (χ4v) is 0.946. The predicted octanol–water partition coefficient (Wildman–Crippen LogP) is 0.738. The van der Waals surface area contributed by atoms with Crippen molar-refractivity contribution in [1.82, 2.24) is 0 Å². The molecule has 1 saturated heterocycles. The van der Waals surface area contributed by atoms with Crippen molar-refractivity contribution >= 4 is 18.4 Å². The smallest absolute Gasteiger partial charge is 0.418 e. The minimum absolute atomic E-state index is 0.205. The van der Waals surface area contributed by atoms with Gasteiger partial charge in [0.15, 0.2) is 0 Å². The topological polar surface area (TPSA) is 50.6 Å². The molecule has 1 heterocycles. The predicted molar refractivity (Wildman–Crippen MR) is 46.2 cm³/mol. The molecule has 4 heteroatoms. The fourth-order valence-electron chi connectivity index (χ4n) is 0.946. The van der Waals surface area contributed by atoms with Crippen LogP contribution in [0.1, 0.15) is 0 Å². The lowest BCUT2D eigenvalue weighted by molar-refractivity contribution is 0.560. The number of nitrogens with two attached hydrogens (primary N) is 1. The largest absolute Gasteiger partial charge is 0.438 e. The summed E-state index contributed by atoms with van der Waals surface area (Å²) in [6.07, 6.45) is 0. The standard InChI is InChI=1S/C7H9BN2O/c9-6-2-1-3-7(4-6)10-8-5-11-8/h1-4,10H,5,9H2. The van der Waals surface area contributed by atoms with Gasteiger partial charge in [-0.3, -0.25) is 0 Å². The zero-order valence-electron chi connectivity index (χ0n) is 6.08. The van der Waals surface area contributed by atoms with Crippen LogP contribution in [-0.4, -0.2) is 13.6 Å². The third-order valence-electron chi connectivity index (χ3n) is 1.55. The molecule has 0 spiro atoms. The number of benzene rings is 1. The minimum atomic E-state index is 0.205. The van der Waals surface area contributed by atoms with E-state index in [1.807, 2.05) is 24.3 Å². The van der Waals surface area contributed by atoms with E-state index in [9.17, 15) is 0 Å². The van der Waals surface area contributed by atoms with Gasteiger partial charge in [0.25, 0.3) is 0 Å². The molecule has 3 N–H and O–H groups in total. The normalized spacial score (nSPS) is 14.7. The molecule has 1 aliphatic rings. The summed E-state index contributed by atoms with van der Waals surface area (Å²) >= 11 is 0. The molecule has 11 heavy (non-hydrogen) atoms. The molecule has 0 atom stereocenters. The van der Waals surface area contributed by atoms with E-state index in [0.29, 0.717) is 0 Å². The Balaban J connectivity index is 2.10. The van der Waals surface area contributed by atoms with E-state index < -0.39 is 0 Å². The fraction of sp³-hybridized carbons (Fsp3) is 0.143. The van der Waals surface area contributed by atoms with Crippen molar-refractivity contribution in [3.05, 3.63) is 24.3 Å². The summed E-state index contributed by atoms with van der Waals surface area (Å²) in [7, 11) is 0.205. The van der Waals surface area contributed by atoms with Gasteiger partial charge < -0.3 is 15.6 Å². The van der Waals surface area contributed by atoms with Gasteiger partial charge in [-0.1, -0.05) is 6.07 Å². The number of hydrogen-bond donors (Lipinski definition) is 2. The van der Waals surface area contributed by atoms with Gasteiger partial charge in [-0.25, -0.2) is 0 Å². The van der Waals surface area contributed by atoms with Crippen LogP contribution in [0.25, 0.3) is 0 Å². The van der Waals surface area contributed by atoms with Crippen molar-refractivity contribution in [2.75, 3.05) is 17.5 Å². The second-order valence-electron chi connectivity index (χ2n) is 2.59. The van der Waals surface area contributed by atoms with Gasteiger partial charge in [0.2, 0.25) is 0 Å². The first-order chi connectivity index (χ1) is 5.34. The van der Waals surface area contributed by atoms with Crippen molar-refractivity contribution in [2.45, 2.75) is 0 Å². The molecule has 2 rings (SSSR count). The van der Waals surface area contributed by atoms with Crippen LogP contribution in [0.4, 0.5) is 11.4 Å². The van der Waals surface area contributed by atoms with Crippen LogP contribution >= 0.6 is 0 Å². The van der Waals surface area contributed by atoms with Crippen molar-refractivity contribution in [1.29, 1.82) is 0 Å². The number of hydrogen-bond acceptors (Lipinski definition) is 3. The van der Waals surface area contributed by atoms with Crippen LogP contribution in [0.2, 0.25) is 0 Å². The first-order valence-corrected chi connectivity index (χ1v) is 3.58. The van der Waals surface area contributed by atoms with Gasteiger partial charge in [-0.05, 0) is 18.2 Å². The quantitative estimate of drug-likeness (QED) is 0.369. The maximum absolute atomic E-state index is 5.57. The molecule has 0 amide bonds. The Morgan fingerprint density at radius 1 is 1.55 bits per heavy atom. The van der Waals surface area contributed by atoms with Crippen molar-refractivity contribution in [2.24, 2.45) is 0 Å². The number of nitrogens with one attached hydrogen (secondary N) is 1. The van der Waals surface area contributed by atoms with Crippen LogP contribution in [0.5, 0.6) is 0 Å². The van der Waals surface area contributed by atoms with E-state index in [1.54, 1.807) is 0 Å². The summed E-state index contributed by atoms with van der Waals surface area (Å²) in [5, 5.41) is 3.15. The Morgan fingerprint density at radius 2 is 2.36 bits per heavy atom. The van der Waals surface area contributed by atoms with Gasteiger partial charge in [0, 0.05) is 11.4 Å². The Hall–Kier alpha value is -1.16. The average Bonchev–Trinajstić information content (AvgIpc) is 2.71. The first-order valence-electron chi connectivity index (χ1n) is 3.58. The highest BCUT2D eigenvalue weighted by atomic mass is 16.5. The zero-order valence-corrected chi connectivity index (χ0v) is 6.08. The summed E-state index contributed by atoms with van der Waals surface area (Å²) in [6, 6.07) is 7.64. The Labute approximate surface area is 65.7 Å². The average molecular weight is 148 g/mol. The van der Waals surface area contributed by atoms with Gasteiger partial charge >= 0.3 is 7.05 Å². The molecule has 1 aromatic carbocycles. The highest BCUT2D eigenvalue weighted by molar-refractivity contribution is 6.63. The second kappa shape index (κ2) is 2.47. The highest BCUT2D eigenvalue weighted by Gasteiger charge is 2.30. The molecule has 0 saturated carbocycles. The molecule has 1 fully saturated rings. The van der Waals surface area contributed by atoms with Crippen molar-refractivity contribution in [3.8, 4) is 0 Å². The Morgan fingerprint density at radius 3 is 3.00 bits per heavy atom. The van der Waals surface area contributed by atoms with Gasteiger partial charge in [0.05, 0.1) is 6.51 Å². The third-order valence-corrected chi connectivity index (χ3v) is 1.55. The maximum Gasteiger partial charge on any atom is 0.438 e. The molecule has 0 bridgehead atoms. The van der Waals surface area contributed by atoms with Crippen LogP contribution in [0.3, 0.4) is 0 Å². The van der Waals surface area contributed by atoms with E-state index in [4.69, 9.17) is 10.4 Å². The van der Waals surface area contributed by atoms with E-state index >= 15 is 0 Å². The summed E-state index contributed by atoms with van der Waals surface area (Å²) < 4.78 is 5.00. The second-order valence-corrected chi connectivity index (χ2v) is 2.59. The maximum atomic E-state index is 5.57. The third kappa shape index (κ3) is 1.65. The summed E-state index contributed by atoms with van der Waals surface area (Å²) in [5.74, 6) is 0. The minimum Gasteiger partial charge on any atom is -0.418 e. The van der Waals surface area contributed by atoms with Gasteiger partial charge in [0.1, 0.15) is 0 Å². The van der Waals surface area contributed by atoms with Crippen LogP contribution in [0, 0.1) is 0 Å². The molecule has 0 aliphatic carbocycles. The first kappa shape index (κ1) is 6.55. The van der Waals surface area contributed by atoms with Crippen LogP contribution in [-0.2, 0) is 4.65 Å². The molecule has 1 aromatic rings. The van der Waals surface area contributed by atoms with Crippen molar-refractivity contribution in [3.63, 3.8) is 0 Å². The van der Waals surface area contributed by atoms with E-state index in [-0.39, 0.29) is 7.05 Å². The number of nitrogen functional groups attached to an aromatic ring is 1. The summed E-state index contributed by atoms with van der Waals surface area (Å²) in [5.41, 5.74) is 7.37. The number of rotatable bonds is 2. The zero-order chi connectivity index (χ0) is 7.68. The van der Waals surface area contributed by atoms with E-state index in [1.165, 1.54) is 0 Å². The number of anilines is 2. The van der Waals surface area contributed by atoms with Crippen molar-refractivity contribution < 1.29 is 4.65 Å². The molecule has 1 aliphatic heterocycles. The lowest BCUT2D eigenvalue weighted by atomic mass is 9.96. The highest BCUT2D eigenvalue weighted by Crippen LogP contribution is 2.15. The van der Waals surface area contributed by atoms with Crippen LogP contribution in [0.15, 0.2) is 24.3 Å². The molecule has 0 radical (unpaired) electrons. The van der Waals surface area contributed by atoms with E-state index in [2.05, 4.69) is 5.23 Å². The van der Waals surface area contributed by atoms with E-state index in [0.717, 1.165) is 17.9 Å². The molecule has 0 unspecified atom stereocenters. The van der Waals surface area contributed by atoms with Gasteiger partial charge in [-0.2, -0.15) is 0 Å². The van der Waals surface area contributed by atoms with Gasteiger partial charge in [-0.15, -0.1) is 0 Å². The molecular formula is C7H9BN2O. The SMILES string of the molecule is Nc1cccc(NB2CO2)c1. The lowest BCUT2D eigenvalue weighted by Crippen LogP contribution is -2.07. The monoisotopic (exact) mass is 148 g/mol. The molecular weight excluding hydrogens is 139 g/mol. The molecule has 0 aromatic heterocycles. The summed E-state index contributed by atoms with van der Waals surface area (Å²) in [4.78, 5) is 0.